The molecule has 0 aliphatic rings. The molecule has 4 N–H and O–H groups in total. The maximum absolute atomic E-state index is 12.9. The number of hydrogen-bond acceptors (Lipinski definition) is 5. The van der Waals surface area contributed by atoms with Crippen molar-refractivity contribution in [2.24, 2.45) is 0 Å². The summed E-state index contributed by atoms with van der Waals surface area (Å²) in [5.74, 6) is -4.09. The van der Waals surface area contributed by atoms with Gasteiger partial charge >= 0.3 is 11.9 Å². The van der Waals surface area contributed by atoms with Gasteiger partial charge in [-0.3, -0.25) is 15.2 Å². The summed E-state index contributed by atoms with van der Waals surface area (Å²) in [6.45, 7) is 0.637. The molecule has 0 aliphatic heterocycles. The number of anilines is 2. The third-order valence-electron chi connectivity index (χ3n) is 3.98. The Bertz CT molecular complexity index is 963. The van der Waals surface area contributed by atoms with Gasteiger partial charge in [-0.1, -0.05) is 48.5 Å². The molecule has 0 atom stereocenters. The van der Waals surface area contributed by atoms with Gasteiger partial charge in [-0.25, -0.2) is 14.0 Å². The monoisotopic (exact) mass is 439 g/mol. The highest BCUT2D eigenvalue weighted by Crippen LogP contribution is 2.22. The Hall–Kier alpha value is -4.24. The van der Waals surface area contributed by atoms with Crippen molar-refractivity contribution in [1.29, 1.82) is 0 Å². The molecule has 0 bridgehead atoms. The third-order valence-corrected chi connectivity index (χ3v) is 3.98. The Balaban J connectivity index is 0.000000534. The molecule has 9 heteroatoms. The van der Waals surface area contributed by atoms with Crippen LogP contribution in [0.4, 0.5) is 15.8 Å². The summed E-state index contributed by atoms with van der Waals surface area (Å²) in [6, 6.07) is 25.5. The topological polar surface area (TPSA) is 119 Å². The molecule has 0 heterocycles. The van der Waals surface area contributed by atoms with E-state index in [1.165, 1.54) is 12.1 Å². The van der Waals surface area contributed by atoms with E-state index in [0.717, 1.165) is 16.9 Å². The van der Waals surface area contributed by atoms with Crippen molar-refractivity contribution < 1.29 is 29.0 Å². The number of hydrazine groups is 1. The average molecular weight is 439 g/mol. The van der Waals surface area contributed by atoms with Crippen molar-refractivity contribution in [1.82, 2.24) is 10.7 Å². The van der Waals surface area contributed by atoms with Gasteiger partial charge in [-0.05, 0) is 42.0 Å². The first-order valence-corrected chi connectivity index (χ1v) is 9.48. The van der Waals surface area contributed by atoms with E-state index in [2.05, 4.69) is 10.7 Å². The standard InChI is InChI=1S/C21H20FN3O.C2H2O4/c22-18-13-11-17(12-14-18)15-23-16-21(26)24-25(19-7-3-1-4-8-19)20-9-5-2-6-10-20;3-1(4)2(5)6/h1-14,23H,15-16H2,(H,24,26);(H,3,4)(H,5,6). The summed E-state index contributed by atoms with van der Waals surface area (Å²) < 4.78 is 12.9. The van der Waals surface area contributed by atoms with E-state index in [1.54, 1.807) is 17.1 Å². The van der Waals surface area contributed by atoms with Crippen LogP contribution in [0.5, 0.6) is 0 Å². The number of hydrogen-bond donors (Lipinski definition) is 4. The number of nitrogens with zero attached hydrogens (tertiary/aromatic N) is 1. The molecular formula is C23H22FN3O5. The van der Waals surface area contributed by atoms with Gasteiger partial charge in [0.25, 0.3) is 5.91 Å². The Morgan fingerprint density at radius 3 is 1.66 bits per heavy atom. The number of halogens is 1. The minimum Gasteiger partial charge on any atom is -0.473 e. The predicted molar refractivity (Wildman–Crippen MR) is 117 cm³/mol. The largest absolute Gasteiger partial charge is 0.473 e. The Labute approximate surface area is 183 Å². The lowest BCUT2D eigenvalue weighted by Crippen LogP contribution is -2.43. The molecule has 166 valence electrons. The van der Waals surface area contributed by atoms with Crippen molar-refractivity contribution in [3.8, 4) is 0 Å². The van der Waals surface area contributed by atoms with Gasteiger partial charge in [0.2, 0.25) is 0 Å². The van der Waals surface area contributed by atoms with Crippen molar-refractivity contribution >= 4 is 29.2 Å². The predicted octanol–water partition coefficient (Wildman–Crippen LogP) is 2.94. The van der Waals surface area contributed by atoms with Gasteiger partial charge in [0.1, 0.15) is 5.82 Å². The summed E-state index contributed by atoms with van der Waals surface area (Å²) in [4.78, 5) is 30.6. The lowest BCUT2D eigenvalue weighted by atomic mass is 10.2. The van der Waals surface area contributed by atoms with E-state index < -0.39 is 11.9 Å². The van der Waals surface area contributed by atoms with Crippen LogP contribution in [0.15, 0.2) is 84.9 Å². The highest BCUT2D eigenvalue weighted by molar-refractivity contribution is 6.27. The molecule has 0 unspecified atom stereocenters. The zero-order chi connectivity index (χ0) is 23.3. The number of carboxylic acids is 2. The van der Waals surface area contributed by atoms with Crippen LogP contribution >= 0.6 is 0 Å². The smallest absolute Gasteiger partial charge is 0.414 e. The van der Waals surface area contributed by atoms with Crippen LogP contribution in [-0.2, 0) is 20.9 Å². The third kappa shape index (κ3) is 8.25. The molecule has 0 spiro atoms. The van der Waals surface area contributed by atoms with Gasteiger partial charge < -0.3 is 15.5 Å². The first kappa shape index (κ1) is 24.0. The molecule has 3 aromatic carbocycles. The number of carbonyl (C=O) groups excluding carboxylic acids is 1. The van der Waals surface area contributed by atoms with Gasteiger partial charge in [0.15, 0.2) is 0 Å². The summed E-state index contributed by atoms with van der Waals surface area (Å²) >= 11 is 0. The molecule has 8 nitrogen and oxygen atoms in total. The zero-order valence-corrected chi connectivity index (χ0v) is 16.9. The summed E-state index contributed by atoms with van der Waals surface area (Å²) in [7, 11) is 0. The number of benzene rings is 3. The number of rotatable bonds is 7. The first-order valence-electron chi connectivity index (χ1n) is 9.48. The molecular weight excluding hydrogens is 417 g/mol. The van der Waals surface area contributed by atoms with Crippen molar-refractivity contribution in [3.63, 3.8) is 0 Å². The van der Waals surface area contributed by atoms with E-state index in [4.69, 9.17) is 19.8 Å². The number of carboxylic acid groups (broad SMARTS) is 2. The van der Waals surface area contributed by atoms with E-state index in [9.17, 15) is 9.18 Å². The van der Waals surface area contributed by atoms with Crippen molar-refractivity contribution in [3.05, 3.63) is 96.3 Å². The molecule has 3 rings (SSSR count). The van der Waals surface area contributed by atoms with Crippen LogP contribution in [0.1, 0.15) is 5.56 Å². The molecule has 0 radical (unpaired) electrons. The Morgan fingerprint density at radius 1 is 0.750 bits per heavy atom. The summed E-state index contributed by atoms with van der Waals surface area (Å²) in [6.07, 6.45) is 0. The molecule has 0 aromatic heterocycles. The van der Waals surface area contributed by atoms with E-state index in [0.29, 0.717) is 6.54 Å². The second-order valence-corrected chi connectivity index (χ2v) is 6.38. The second-order valence-electron chi connectivity index (χ2n) is 6.38. The van der Waals surface area contributed by atoms with Crippen LogP contribution in [0.2, 0.25) is 0 Å². The Morgan fingerprint density at radius 2 is 1.22 bits per heavy atom. The fraction of sp³-hybridized carbons (Fsp3) is 0.0870. The number of aliphatic carboxylic acids is 2. The lowest BCUT2D eigenvalue weighted by molar-refractivity contribution is -0.159. The van der Waals surface area contributed by atoms with Crippen molar-refractivity contribution in [2.75, 3.05) is 11.6 Å². The molecule has 1 amide bonds. The maximum atomic E-state index is 12.9. The number of amides is 1. The Kier molecular flexibility index (Phi) is 9.35. The summed E-state index contributed by atoms with van der Waals surface area (Å²) in [5, 5.41) is 19.6. The minimum atomic E-state index is -1.82. The van der Waals surface area contributed by atoms with Gasteiger partial charge in [-0.15, -0.1) is 0 Å². The minimum absolute atomic E-state index is 0.146. The normalized spacial score (nSPS) is 9.78. The van der Waals surface area contributed by atoms with Crippen LogP contribution in [0.25, 0.3) is 0 Å². The number of carbonyl (C=O) groups is 3. The molecule has 32 heavy (non-hydrogen) atoms. The molecule has 0 saturated heterocycles. The maximum Gasteiger partial charge on any atom is 0.414 e. The molecule has 0 saturated carbocycles. The highest BCUT2D eigenvalue weighted by atomic mass is 19.1. The lowest BCUT2D eigenvalue weighted by Gasteiger charge is -2.25. The van der Waals surface area contributed by atoms with E-state index >= 15 is 0 Å². The van der Waals surface area contributed by atoms with E-state index in [1.807, 2.05) is 60.7 Å². The number of nitrogens with one attached hydrogen (secondary N) is 2. The zero-order valence-electron chi connectivity index (χ0n) is 16.9. The van der Waals surface area contributed by atoms with Crippen molar-refractivity contribution in [2.45, 2.75) is 6.54 Å². The highest BCUT2D eigenvalue weighted by Gasteiger charge is 2.12. The molecule has 0 aliphatic carbocycles. The van der Waals surface area contributed by atoms with Gasteiger partial charge in [0, 0.05) is 6.54 Å². The van der Waals surface area contributed by atoms with Gasteiger partial charge in [-0.2, -0.15) is 0 Å². The van der Waals surface area contributed by atoms with E-state index in [-0.39, 0.29) is 18.3 Å². The number of para-hydroxylation sites is 2. The fourth-order valence-electron chi connectivity index (χ4n) is 2.52. The SMILES string of the molecule is O=C(CNCc1ccc(F)cc1)NN(c1ccccc1)c1ccccc1.O=C(O)C(=O)O. The first-order chi connectivity index (χ1) is 15.4. The van der Waals surface area contributed by atoms with Crippen LogP contribution in [-0.4, -0.2) is 34.6 Å². The average Bonchev–Trinajstić information content (AvgIpc) is 2.80. The molecule has 3 aromatic rings. The fourth-order valence-corrected chi connectivity index (χ4v) is 2.52. The van der Waals surface area contributed by atoms with Crippen LogP contribution in [0.3, 0.4) is 0 Å². The quantitative estimate of drug-likeness (QED) is 0.330. The van der Waals surface area contributed by atoms with Gasteiger partial charge in [0.05, 0.1) is 17.9 Å². The van der Waals surface area contributed by atoms with Crippen LogP contribution < -0.4 is 15.8 Å². The van der Waals surface area contributed by atoms with Crippen LogP contribution in [0, 0.1) is 5.82 Å². The second kappa shape index (κ2) is 12.5. The molecule has 0 fully saturated rings. The summed E-state index contributed by atoms with van der Waals surface area (Å²) in [5.41, 5.74) is 5.57.